The van der Waals surface area contributed by atoms with E-state index in [1.54, 1.807) is 0 Å². The van der Waals surface area contributed by atoms with E-state index in [1.165, 1.54) is 0 Å². The number of hydrogen-bond acceptors (Lipinski definition) is 3. The van der Waals surface area contributed by atoms with Gasteiger partial charge in [-0.15, -0.1) is 0 Å². The van der Waals surface area contributed by atoms with Crippen LogP contribution < -0.4 is 10.6 Å². The molecule has 2 rings (SSSR count). The number of carboxylic acid groups (broad SMARTS) is 1. The maximum atomic E-state index is 11.7. The molecular weight excluding hydrogens is 248 g/mol. The van der Waals surface area contributed by atoms with Crippen molar-refractivity contribution in [2.45, 2.75) is 38.1 Å². The van der Waals surface area contributed by atoms with Gasteiger partial charge in [0.05, 0.1) is 12.5 Å². The van der Waals surface area contributed by atoms with Gasteiger partial charge in [-0.3, -0.25) is 4.79 Å². The number of nitrogens with one attached hydrogen (secondary N) is 2. The Labute approximate surface area is 112 Å². The molecule has 3 unspecified atom stereocenters. The summed E-state index contributed by atoms with van der Waals surface area (Å²) in [5.74, 6) is -0.670. The lowest BCUT2D eigenvalue weighted by atomic mass is 10.0. The van der Waals surface area contributed by atoms with Gasteiger partial charge in [0.1, 0.15) is 0 Å². The van der Waals surface area contributed by atoms with Crippen molar-refractivity contribution in [1.29, 1.82) is 0 Å². The largest absolute Gasteiger partial charge is 0.481 e. The van der Waals surface area contributed by atoms with Crippen LogP contribution in [0.15, 0.2) is 0 Å². The molecule has 0 aromatic heterocycles. The second kappa shape index (κ2) is 6.75. The van der Waals surface area contributed by atoms with Gasteiger partial charge >= 0.3 is 12.0 Å². The van der Waals surface area contributed by atoms with E-state index in [1.807, 2.05) is 0 Å². The van der Waals surface area contributed by atoms with Crippen LogP contribution in [0.25, 0.3) is 0 Å². The Morgan fingerprint density at radius 1 is 1.26 bits per heavy atom. The van der Waals surface area contributed by atoms with Crippen molar-refractivity contribution in [1.82, 2.24) is 10.6 Å². The molecule has 1 saturated carbocycles. The number of aliphatic carboxylic acids is 1. The number of ether oxygens (including phenoxy) is 1. The fraction of sp³-hybridized carbons (Fsp3) is 0.846. The maximum absolute atomic E-state index is 11.7. The molecule has 1 heterocycles. The Balaban J connectivity index is 1.63. The summed E-state index contributed by atoms with van der Waals surface area (Å²) < 4.78 is 5.35. The molecule has 6 heteroatoms. The van der Waals surface area contributed by atoms with Gasteiger partial charge in [0.25, 0.3) is 0 Å². The van der Waals surface area contributed by atoms with Crippen molar-refractivity contribution in [3.63, 3.8) is 0 Å². The SMILES string of the molecule is O=C(NCC1CCCOC1)NC1CCC(C(=O)O)C1. The van der Waals surface area contributed by atoms with Crippen molar-refractivity contribution in [2.24, 2.45) is 11.8 Å². The number of carbonyl (C=O) groups excluding carboxylic acids is 1. The highest BCUT2D eigenvalue weighted by Gasteiger charge is 2.30. The molecule has 6 nitrogen and oxygen atoms in total. The molecule has 1 aliphatic heterocycles. The van der Waals surface area contributed by atoms with Crippen molar-refractivity contribution < 1.29 is 19.4 Å². The molecule has 19 heavy (non-hydrogen) atoms. The summed E-state index contributed by atoms with van der Waals surface area (Å²) in [6, 6.07) is -0.203. The predicted molar refractivity (Wildman–Crippen MR) is 68.8 cm³/mol. The summed E-state index contributed by atoms with van der Waals surface area (Å²) in [7, 11) is 0. The van der Waals surface area contributed by atoms with E-state index in [0.717, 1.165) is 25.9 Å². The van der Waals surface area contributed by atoms with Gasteiger partial charge in [0.15, 0.2) is 0 Å². The van der Waals surface area contributed by atoms with Gasteiger partial charge in [0.2, 0.25) is 0 Å². The first-order valence-electron chi connectivity index (χ1n) is 7.00. The van der Waals surface area contributed by atoms with Crippen LogP contribution in [0.4, 0.5) is 4.79 Å². The Bertz CT molecular complexity index is 329. The van der Waals surface area contributed by atoms with E-state index in [-0.39, 0.29) is 18.0 Å². The summed E-state index contributed by atoms with van der Waals surface area (Å²) in [5.41, 5.74) is 0. The van der Waals surface area contributed by atoms with Gasteiger partial charge in [0, 0.05) is 19.2 Å². The zero-order valence-corrected chi connectivity index (χ0v) is 11.1. The molecule has 0 aromatic carbocycles. The summed E-state index contributed by atoms with van der Waals surface area (Å²) in [6.07, 6.45) is 4.07. The molecule has 3 N–H and O–H groups in total. The third kappa shape index (κ3) is 4.38. The Morgan fingerprint density at radius 3 is 2.74 bits per heavy atom. The first-order valence-corrected chi connectivity index (χ1v) is 7.00. The van der Waals surface area contributed by atoms with Crippen molar-refractivity contribution >= 4 is 12.0 Å². The Kier molecular flexibility index (Phi) is 5.01. The van der Waals surface area contributed by atoms with Crippen LogP contribution in [0.1, 0.15) is 32.1 Å². The number of amides is 2. The van der Waals surface area contributed by atoms with Gasteiger partial charge in [-0.2, -0.15) is 0 Å². The molecule has 1 aliphatic carbocycles. The fourth-order valence-electron chi connectivity index (χ4n) is 2.78. The minimum absolute atomic E-state index is 0.0105. The van der Waals surface area contributed by atoms with Crippen LogP contribution in [-0.2, 0) is 9.53 Å². The second-order valence-corrected chi connectivity index (χ2v) is 5.48. The molecule has 0 bridgehead atoms. The van der Waals surface area contributed by atoms with Gasteiger partial charge < -0.3 is 20.5 Å². The number of rotatable bonds is 4. The van der Waals surface area contributed by atoms with Gasteiger partial charge in [-0.05, 0) is 38.0 Å². The number of carboxylic acids is 1. The topological polar surface area (TPSA) is 87.7 Å². The molecular formula is C13H22N2O4. The van der Waals surface area contributed by atoms with E-state index in [9.17, 15) is 9.59 Å². The summed E-state index contributed by atoms with van der Waals surface area (Å²) in [5, 5.41) is 14.6. The maximum Gasteiger partial charge on any atom is 0.315 e. The average molecular weight is 270 g/mol. The van der Waals surface area contributed by atoms with Crippen molar-refractivity contribution in [3.8, 4) is 0 Å². The average Bonchev–Trinajstić information content (AvgIpc) is 2.86. The van der Waals surface area contributed by atoms with Crippen LogP contribution in [-0.4, -0.2) is 42.9 Å². The zero-order valence-electron chi connectivity index (χ0n) is 11.1. The van der Waals surface area contributed by atoms with Crippen molar-refractivity contribution in [2.75, 3.05) is 19.8 Å². The molecule has 2 aliphatic rings. The standard InChI is InChI=1S/C13H22N2O4/c16-12(17)10-3-4-11(6-10)15-13(18)14-7-9-2-1-5-19-8-9/h9-11H,1-8H2,(H,16,17)(H2,14,15,18). The van der Waals surface area contributed by atoms with E-state index < -0.39 is 5.97 Å². The molecule has 108 valence electrons. The normalized spacial score (nSPS) is 30.8. The lowest BCUT2D eigenvalue weighted by molar-refractivity contribution is -0.141. The summed E-state index contributed by atoms with van der Waals surface area (Å²) in [6.45, 7) is 2.16. The monoisotopic (exact) mass is 270 g/mol. The summed E-state index contributed by atoms with van der Waals surface area (Å²) >= 11 is 0. The zero-order chi connectivity index (χ0) is 13.7. The smallest absolute Gasteiger partial charge is 0.315 e. The second-order valence-electron chi connectivity index (χ2n) is 5.48. The number of carbonyl (C=O) groups is 2. The highest BCUT2D eigenvalue weighted by Crippen LogP contribution is 2.25. The molecule has 3 atom stereocenters. The third-order valence-corrected chi connectivity index (χ3v) is 3.92. The van der Waals surface area contributed by atoms with Gasteiger partial charge in [-0.25, -0.2) is 4.79 Å². The molecule has 1 saturated heterocycles. The predicted octanol–water partition coefficient (Wildman–Crippen LogP) is 0.965. The lowest BCUT2D eigenvalue weighted by Crippen LogP contribution is -2.43. The molecule has 0 aromatic rings. The van der Waals surface area contributed by atoms with Crippen LogP contribution in [0.5, 0.6) is 0 Å². The minimum Gasteiger partial charge on any atom is -0.481 e. The highest BCUT2D eigenvalue weighted by atomic mass is 16.5. The number of urea groups is 1. The quantitative estimate of drug-likeness (QED) is 0.710. The lowest BCUT2D eigenvalue weighted by Gasteiger charge is -2.22. The van der Waals surface area contributed by atoms with E-state index >= 15 is 0 Å². The highest BCUT2D eigenvalue weighted by molar-refractivity contribution is 5.75. The van der Waals surface area contributed by atoms with Crippen LogP contribution in [0, 0.1) is 11.8 Å². The Hall–Kier alpha value is -1.30. The van der Waals surface area contributed by atoms with Crippen LogP contribution in [0.3, 0.4) is 0 Å². The third-order valence-electron chi connectivity index (χ3n) is 3.92. The Morgan fingerprint density at radius 2 is 2.11 bits per heavy atom. The van der Waals surface area contributed by atoms with Gasteiger partial charge in [-0.1, -0.05) is 0 Å². The molecule has 0 spiro atoms. The molecule has 2 fully saturated rings. The van der Waals surface area contributed by atoms with E-state index in [2.05, 4.69) is 10.6 Å². The first kappa shape index (κ1) is 14.1. The van der Waals surface area contributed by atoms with Crippen LogP contribution >= 0.6 is 0 Å². The summed E-state index contributed by atoms with van der Waals surface area (Å²) in [4.78, 5) is 22.5. The van der Waals surface area contributed by atoms with E-state index in [0.29, 0.717) is 31.9 Å². The van der Waals surface area contributed by atoms with Crippen LogP contribution in [0.2, 0.25) is 0 Å². The fourth-order valence-corrected chi connectivity index (χ4v) is 2.78. The molecule has 0 radical (unpaired) electrons. The minimum atomic E-state index is -0.760. The number of hydrogen-bond donors (Lipinski definition) is 3. The van der Waals surface area contributed by atoms with Crippen molar-refractivity contribution in [3.05, 3.63) is 0 Å². The molecule has 2 amide bonds. The van der Waals surface area contributed by atoms with E-state index in [4.69, 9.17) is 9.84 Å². The first-order chi connectivity index (χ1) is 9.15.